The molecule has 0 spiro atoms. The molecule has 7 nitrogen and oxygen atoms in total. The maximum atomic E-state index is 11.8. The molecule has 0 saturated carbocycles. The fourth-order valence-corrected chi connectivity index (χ4v) is 3.71. The van der Waals surface area contributed by atoms with Crippen molar-refractivity contribution in [1.82, 2.24) is 10.2 Å². The molecule has 3 aliphatic heterocycles. The normalized spacial score (nSPS) is 19.9. The van der Waals surface area contributed by atoms with Gasteiger partial charge in [-0.15, -0.1) is 0 Å². The topological polar surface area (TPSA) is 89.3 Å². The molecule has 2 N–H and O–H groups in total. The summed E-state index contributed by atoms with van der Waals surface area (Å²) in [5, 5.41) is 11.9. The van der Waals surface area contributed by atoms with Gasteiger partial charge in [0, 0.05) is 23.2 Å². The Kier molecular flexibility index (Phi) is 6.49. The number of nitrogens with zero attached hydrogens (tertiary/aromatic N) is 2. The van der Waals surface area contributed by atoms with Gasteiger partial charge in [0.05, 0.1) is 31.7 Å². The molecule has 3 aliphatic rings. The number of benzene rings is 1. The van der Waals surface area contributed by atoms with E-state index in [4.69, 9.17) is 14.9 Å². The molecule has 1 amide bonds. The Hall–Kier alpha value is -3.14. The second-order valence-electron chi connectivity index (χ2n) is 7.74. The molecule has 1 unspecified atom stereocenters. The van der Waals surface area contributed by atoms with Gasteiger partial charge in [0.25, 0.3) is 0 Å². The molecule has 1 atom stereocenters. The second-order valence-corrected chi connectivity index (χ2v) is 7.74. The molecule has 0 radical (unpaired) electrons. The molecular formula is C21H23F3N4O3. The van der Waals surface area contributed by atoms with Gasteiger partial charge in [0.1, 0.15) is 18.7 Å². The molecule has 4 rings (SSSR count). The third kappa shape index (κ3) is 5.32. The number of carbonyl (C=O) groups excluding carboxylic acids is 2. The number of aliphatic carboxylic acids is 1. The number of aliphatic imine (C=N–C) groups is 1. The summed E-state index contributed by atoms with van der Waals surface area (Å²) in [6.45, 7) is 1.02. The molecule has 1 aromatic rings. The smallest absolute Gasteiger partial charge is 0.430 e. The van der Waals surface area contributed by atoms with E-state index in [2.05, 4.69) is 48.6 Å². The lowest BCUT2D eigenvalue weighted by molar-refractivity contribution is -0.872. The fraction of sp³-hybridized carbons (Fsp3) is 0.381. The lowest BCUT2D eigenvalue weighted by atomic mass is 10.1. The fourth-order valence-electron chi connectivity index (χ4n) is 3.71. The molecule has 0 bridgehead atoms. The molecule has 10 heteroatoms. The summed E-state index contributed by atoms with van der Waals surface area (Å²) in [4.78, 5) is 29.0. The van der Waals surface area contributed by atoms with Crippen LogP contribution < -0.4 is 15.3 Å². The summed E-state index contributed by atoms with van der Waals surface area (Å²) in [5.74, 6) is -2.92. The number of quaternary nitrogens is 1. The first-order valence-electron chi connectivity index (χ1n) is 9.78. The maximum Gasteiger partial charge on any atom is 0.430 e. The number of alkyl halides is 3. The summed E-state index contributed by atoms with van der Waals surface area (Å²) >= 11 is 0. The van der Waals surface area contributed by atoms with E-state index in [1.165, 1.54) is 16.2 Å². The van der Waals surface area contributed by atoms with Crippen molar-refractivity contribution in [1.29, 1.82) is 0 Å². The molecule has 3 heterocycles. The second kappa shape index (κ2) is 8.93. The first-order valence-corrected chi connectivity index (χ1v) is 9.78. The summed E-state index contributed by atoms with van der Waals surface area (Å²) in [6, 6.07) is 8.70. The number of hydrogen-bond donors (Lipinski definition) is 2. The van der Waals surface area contributed by atoms with E-state index in [1.54, 1.807) is 0 Å². The zero-order valence-electron chi connectivity index (χ0n) is 17.1. The van der Waals surface area contributed by atoms with Gasteiger partial charge in [-0.2, -0.15) is 13.2 Å². The van der Waals surface area contributed by atoms with Crippen molar-refractivity contribution in [3.05, 3.63) is 52.9 Å². The minimum atomic E-state index is -5.19. The van der Waals surface area contributed by atoms with Gasteiger partial charge < -0.3 is 25.0 Å². The molecule has 166 valence electrons. The van der Waals surface area contributed by atoms with E-state index >= 15 is 0 Å². The molecule has 1 aromatic carbocycles. The number of carbonyl (C=O) groups is 2. The molecule has 1 fully saturated rings. The number of rotatable bonds is 3. The average molecular weight is 436 g/mol. The molecule has 0 aliphatic carbocycles. The molecule has 1 saturated heterocycles. The van der Waals surface area contributed by atoms with Crippen LogP contribution in [0.15, 0.2) is 46.7 Å². The van der Waals surface area contributed by atoms with Crippen molar-refractivity contribution in [3.63, 3.8) is 0 Å². The molecule has 31 heavy (non-hydrogen) atoms. The van der Waals surface area contributed by atoms with Crippen molar-refractivity contribution in [3.8, 4) is 0 Å². The number of amides is 1. The Morgan fingerprint density at radius 2 is 1.94 bits per heavy atom. The Labute approximate surface area is 177 Å². The maximum absolute atomic E-state index is 11.8. The number of halogens is 3. The van der Waals surface area contributed by atoms with Crippen molar-refractivity contribution in [2.45, 2.75) is 38.1 Å². The SMILES string of the molecule is C[NH+](C)Cc1ccc(C2=C3CCC4NC(=O)CC=C(C=N2)N34)cc1.O=C([O-])C(F)(F)F. The quantitative estimate of drug-likeness (QED) is 0.709. The molecule has 0 aromatic heterocycles. The minimum Gasteiger partial charge on any atom is -0.542 e. The van der Waals surface area contributed by atoms with E-state index in [1.807, 2.05) is 12.3 Å². The van der Waals surface area contributed by atoms with Gasteiger partial charge in [-0.1, -0.05) is 24.3 Å². The number of allylic oxidation sites excluding steroid dienone is 2. The molecular weight excluding hydrogens is 413 g/mol. The van der Waals surface area contributed by atoms with E-state index in [-0.39, 0.29) is 12.1 Å². The highest BCUT2D eigenvalue weighted by molar-refractivity contribution is 5.91. The Morgan fingerprint density at radius 1 is 1.29 bits per heavy atom. The summed E-state index contributed by atoms with van der Waals surface area (Å²) < 4.78 is 31.5. The minimum absolute atomic E-state index is 0.0691. The largest absolute Gasteiger partial charge is 0.542 e. The first kappa shape index (κ1) is 22.5. The average Bonchev–Trinajstić information content (AvgIpc) is 3.02. The van der Waals surface area contributed by atoms with Gasteiger partial charge in [-0.05, 0) is 18.9 Å². The summed E-state index contributed by atoms with van der Waals surface area (Å²) in [5.41, 5.74) is 5.78. The number of hydrogen-bond acceptors (Lipinski definition) is 5. The van der Waals surface area contributed by atoms with Crippen LogP contribution in [-0.2, 0) is 16.1 Å². The van der Waals surface area contributed by atoms with Crippen LogP contribution in [0.1, 0.15) is 30.4 Å². The zero-order valence-corrected chi connectivity index (χ0v) is 17.1. The number of nitrogens with one attached hydrogen (secondary N) is 2. The zero-order chi connectivity index (χ0) is 22.8. The van der Waals surface area contributed by atoms with Crippen LogP contribution in [-0.4, -0.2) is 49.4 Å². The van der Waals surface area contributed by atoms with Crippen LogP contribution in [0, 0.1) is 0 Å². The monoisotopic (exact) mass is 436 g/mol. The standard InChI is InChI=1S/C19H22N4O.C2HF3O2/c1-22(2)12-13-3-5-14(6-4-13)19-16-8-9-17-21-18(24)10-7-15(11-20-19)23(16)17;3-2(4,5)1(6)7/h3-7,11,17H,8-10,12H2,1-2H3,(H,21,24);(H,6,7). The van der Waals surface area contributed by atoms with Crippen molar-refractivity contribution in [2.24, 2.45) is 4.99 Å². The van der Waals surface area contributed by atoms with Crippen LogP contribution in [0.25, 0.3) is 5.70 Å². The van der Waals surface area contributed by atoms with Gasteiger partial charge in [-0.3, -0.25) is 9.79 Å². The van der Waals surface area contributed by atoms with Crippen LogP contribution in [0.5, 0.6) is 0 Å². The van der Waals surface area contributed by atoms with Crippen molar-refractivity contribution >= 4 is 23.8 Å². The highest BCUT2D eigenvalue weighted by Crippen LogP contribution is 2.39. The third-order valence-corrected chi connectivity index (χ3v) is 4.98. The van der Waals surface area contributed by atoms with Crippen LogP contribution in [0.2, 0.25) is 0 Å². The lowest BCUT2D eigenvalue weighted by Crippen LogP contribution is -3.04. The Bertz CT molecular complexity index is 950. The van der Waals surface area contributed by atoms with Crippen molar-refractivity contribution < 1.29 is 32.8 Å². The van der Waals surface area contributed by atoms with Crippen LogP contribution in [0.4, 0.5) is 13.2 Å². The third-order valence-electron chi connectivity index (χ3n) is 4.98. The highest BCUT2D eigenvalue weighted by atomic mass is 19.4. The Morgan fingerprint density at radius 3 is 2.52 bits per heavy atom. The van der Waals surface area contributed by atoms with Gasteiger partial charge in [-0.25, -0.2) is 0 Å². The number of carboxylic acid groups (broad SMARTS) is 1. The van der Waals surface area contributed by atoms with E-state index < -0.39 is 12.1 Å². The predicted molar refractivity (Wildman–Crippen MR) is 105 cm³/mol. The Balaban J connectivity index is 0.000000339. The summed E-state index contributed by atoms with van der Waals surface area (Å²) in [7, 11) is 4.31. The van der Waals surface area contributed by atoms with Gasteiger partial charge in [0.15, 0.2) is 0 Å². The van der Waals surface area contributed by atoms with Gasteiger partial charge in [0.2, 0.25) is 5.91 Å². The van der Waals surface area contributed by atoms with E-state index in [9.17, 15) is 18.0 Å². The van der Waals surface area contributed by atoms with Crippen LogP contribution >= 0.6 is 0 Å². The summed E-state index contributed by atoms with van der Waals surface area (Å²) in [6.07, 6.45) is 1.06. The lowest BCUT2D eigenvalue weighted by Gasteiger charge is -2.30. The predicted octanol–water partition coefficient (Wildman–Crippen LogP) is 0.208. The number of carboxylic acids is 1. The van der Waals surface area contributed by atoms with Crippen molar-refractivity contribution in [2.75, 3.05) is 14.1 Å². The highest BCUT2D eigenvalue weighted by Gasteiger charge is 2.36. The van der Waals surface area contributed by atoms with Crippen LogP contribution in [0.3, 0.4) is 0 Å². The van der Waals surface area contributed by atoms with E-state index in [0.717, 1.165) is 36.3 Å². The first-order chi connectivity index (χ1) is 14.6. The van der Waals surface area contributed by atoms with Gasteiger partial charge >= 0.3 is 6.18 Å². The van der Waals surface area contributed by atoms with E-state index in [0.29, 0.717) is 6.42 Å².